The topological polar surface area (TPSA) is 116 Å². The Bertz CT molecular complexity index is 810. The molecule has 0 unspecified atom stereocenters. The molecule has 7 heteroatoms. The molecule has 0 aromatic carbocycles. The van der Waals surface area contributed by atoms with Crippen molar-refractivity contribution >= 4 is 5.97 Å². The van der Waals surface area contributed by atoms with Gasteiger partial charge in [0.05, 0.1) is 11.7 Å². The molecule has 5 aliphatic rings. The number of hydrogen-bond acceptors (Lipinski definition) is 7. The smallest absolute Gasteiger partial charge is 0.334 e. The van der Waals surface area contributed by atoms with Gasteiger partial charge in [-0.05, 0) is 50.7 Å². The van der Waals surface area contributed by atoms with E-state index in [-0.39, 0.29) is 18.5 Å². The summed E-state index contributed by atoms with van der Waals surface area (Å²) in [6, 6.07) is 0. The zero-order valence-corrected chi connectivity index (χ0v) is 15.7. The number of aliphatic hydroxyl groups is 4. The minimum absolute atomic E-state index is 0.193. The number of carbonyl (C=O) groups excluding carboxylic acids is 1. The van der Waals surface area contributed by atoms with E-state index < -0.39 is 40.0 Å². The van der Waals surface area contributed by atoms with Crippen LogP contribution >= 0.6 is 0 Å². The van der Waals surface area contributed by atoms with Crippen LogP contribution in [-0.4, -0.2) is 67.6 Å². The van der Waals surface area contributed by atoms with E-state index in [0.717, 1.165) is 5.57 Å². The Labute approximate surface area is 157 Å². The monoisotopic (exact) mass is 378 g/mol. The molecule has 2 heterocycles. The normalized spacial score (nSPS) is 53.3. The molecule has 7 nitrogen and oxygen atoms in total. The van der Waals surface area contributed by atoms with E-state index in [0.29, 0.717) is 24.8 Å². The maximum atomic E-state index is 12.0. The van der Waals surface area contributed by atoms with Crippen molar-refractivity contribution in [3.05, 3.63) is 23.3 Å². The van der Waals surface area contributed by atoms with E-state index in [4.69, 9.17) is 9.47 Å². The fourth-order valence-corrected chi connectivity index (χ4v) is 6.45. The molecule has 2 aliphatic heterocycles. The highest BCUT2D eigenvalue weighted by molar-refractivity contribution is 5.92. The van der Waals surface area contributed by atoms with Crippen molar-refractivity contribution in [1.29, 1.82) is 0 Å². The third kappa shape index (κ3) is 1.63. The molecule has 148 valence electrons. The zero-order valence-electron chi connectivity index (χ0n) is 15.7. The number of rotatable bonds is 1. The van der Waals surface area contributed by atoms with E-state index in [1.165, 1.54) is 26.0 Å². The van der Waals surface area contributed by atoms with Gasteiger partial charge in [0.1, 0.15) is 23.9 Å². The van der Waals surface area contributed by atoms with E-state index in [2.05, 4.69) is 0 Å². The van der Waals surface area contributed by atoms with Gasteiger partial charge >= 0.3 is 5.97 Å². The Morgan fingerprint density at radius 3 is 2.63 bits per heavy atom. The van der Waals surface area contributed by atoms with Crippen LogP contribution in [0.5, 0.6) is 0 Å². The first kappa shape index (κ1) is 17.8. The molecule has 0 amide bonds. The van der Waals surface area contributed by atoms with Gasteiger partial charge in [-0.1, -0.05) is 13.0 Å². The van der Waals surface area contributed by atoms with Crippen LogP contribution in [-0.2, 0) is 14.3 Å². The number of esters is 1. The van der Waals surface area contributed by atoms with Crippen LogP contribution in [0.15, 0.2) is 23.3 Å². The number of ether oxygens (including phenoxy) is 2. The lowest BCUT2D eigenvalue weighted by atomic mass is 9.44. The third-order valence-electron chi connectivity index (χ3n) is 8.19. The molecule has 27 heavy (non-hydrogen) atoms. The molecule has 2 bridgehead atoms. The Balaban J connectivity index is 1.72. The van der Waals surface area contributed by atoms with Gasteiger partial charge in [0.2, 0.25) is 0 Å². The summed E-state index contributed by atoms with van der Waals surface area (Å²) in [7, 11) is 0. The Hall–Kier alpha value is -1.25. The maximum absolute atomic E-state index is 12.0. The second-order valence-corrected chi connectivity index (χ2v) is 9.57. The quantitative estimate of drug-likeness (QED) is 0.374. The lowest BCUT2D eigenvalue weighted by molar-refractivity contribution is -0.268. The second kappa shape index (κ2) is 4.66. The van der Waals surface area contributed by atoms with E-state index in [1.54, 1.807) is 0 Å². The highest BCUT2D eigenvalue weighted by Gasteiger charge is 2.81. The Kier molecular flexibility index (Phi) is 3.07. The minimum Gasteiger partial charge on any atom is -0.458 e. The summed E-state index contributed by atoms with van der Waals surface area (Å²) in [5.41, 5.74) is -5.97. The number of cyclic esters (lactones) is 1. The van der Waals surface area contributed by atoms with E-state index >= 15 is 0 Å². The van der Waals surface area contributed by atoms with Crippen molar-refractivity contribution < 1.29 is 34.7 Å². The minimum atomic E-state index is -1.95. The van der Waals surface area contributed by atoms with Crippen molar-refractivity contribution in [3.63, 3.8) is 0 Å². The first-order valence-electron chi connectivity index (χ1n) is 9.55. The molecule has 0 spiro atoms. The summed E-state index contributed by atoms with van der Waals surface area (Å²) < 4.78 is 11.3. The summed E-state index contributed by atoms with van der Waals surface area (Å²) in [4.78, 5) is 12.0. The van der Waals surface area contributed by atoms with Crippen molar-refractivity contribution in [2.75, 3.05) is 6.61 Å². The number of hydrogen-bond donors (Lipinski definition) is 4. The number of carbonyl (C=O) groups is 1. The van der Waals surface area contributed by atoms with Crippen LogP contribution in [0.3, 0.4) is 0 Å². The highest BCUT2D eigenvalue weighted by Crippen LogP contribution is 2.68. The summed E-state index contributed by atoms with van der Waals surface area (Å²) >= 11 is 0. The lowest BCUT2D eigenvalue weighted by Crippen LogP contribution is -2.78. The lowest BCUT2D eigenvalue weighted by Gasteiger charge is -2.63. The number of aliphatic hydroxyl groups excluding tert-OH is 1. The molecule has 3 aliphatic carbocycles. The summed E-state index contributed by atoms with van der Waals surface area (Å²) in [6.07, 6.45) is 1.92. The van der Waals surface area contributed by atoms with E-state index in [1.807, 2.05) is 6.92 Å². The molecule has 1 saturated heterocycles. The first-order chi connectivity index (χ1) is 12.4. The van der Waals surface area contributed by atoms with Gasteiger partial charge < -0.3 is 29.9 Å². The molecule has 5 rings (SSSR count). The zero-order chi connectivity index (χ0) is 19.6. The maximum Gasteiger partial charge on any atom is 0.334 e. The Morgan fingerprint density at radius 1 is 1.26 bits per heavy atom. The molecular formula is C20H26O7. The second-order valence-electron chi connectivity index (χ2n) is 9.57. The molecule has 4 N–H and O–H groups in total. The van der Waals surface area contributed by atoms with Crippen LogP contribution in [0.1, 0.15) is 40.0 Å². The molecular weight excluding hydrogens is 352 g/mol. The van der Waals surface area contributed by atoms with Gasteiger partial charge in [0.15, 0.2) is 5.60 Å². The van der Waals surface area contributed by atoms with Crippen molar-refractivity contribution in [3.8, 4) is 0 Å². The van der Waals surface area contributed by atoms with Crippen LogP contribution in [0.4, 0.5) is 0 Å². The summed E-state index contributed by atoms with van der Waals surface area (Å²) in [5, 5.41) is 45.3. The molecule has 0 aromatic rings. The van der Waals surface area contributed by atoms with Gasteiger partial charge in [-0.2, -0.15) is 0 Å². The fraction of sp³-hybridized carbons (Fsp3) is 0.750. The van der Waals surface area contributed by atoms with Crippen LogP contribution in [0.25, 0.3) is 0 Å². The molecule has 7 atom stereocenters. The average Bonchev–Trinajstić information content (AvgIpc) is 3.03. The van der Waals surface area contributed by atoms with Gasteiger partial charge in [-0.3, -0.25) is 0 Å². The SMILES string of the molecule is CC(C)(O)[C@@]12C=C[C@]3(O)[C@@](O)([C@@H](C[C@H]4C5=C(CC[C@@]43C)C(=O)OC5)O1)[C@@H]2O. The number of fused-ring (bicyclic) bond motifs is 4. The van der Waals surface area contributed by atoms with Gasteiger partial charge in [-0.15, -0.1) is 0 Å². The highest BCUT2D eigenvalue weighted by atomic mass is 16.6. The van der Waals surface area contributed by atoms with Crippen LogP contribution in [0.2, 0.25) is 0 Å². The molecule has 1 saturated carbocycles. The predicted octanol–water partition coefficient (Wildman–Crippen LogP) is -0.0388. The predicted molar refractivity (Wildman–Crippen MR) is 92.4 cm³/mol. The average molecular weight is 378 g/mol. The first-order valence-corrected chi connectivity index (χ1v) is 9.55. The molecule has 0 radical (unpaired) electrons. The summed E-state index contributed by atoms with van der Waals surface area (Å²) in [5.74, 6) is -0.532. The van der Waals surface area contributed by atoms with Crippen molar-refractivity contribution in [2.45, 2.75) is 74.6 Å². The molecule has 0 aromatic heterocycles. The van der Waals surface area contributed by atoms with Gasteiger partial charge in [-0.25, -0.2) is 4.79 Å². The Morgan fingerprint density at radius 2 is 1.96 bits per heavy atom. The standard InChI is InChI=1S/C20H26O7/c1-16(2,23)18-6-7-19(24)17(3)5-4-10-11(9-26-14(10)21)12(17)8-13(27-18)20(19,25)15(18)22/h6-7,12-13,15,22-25H,4-5,8-9H2,1-3H3/t12-,13+,15+,17-,18-,19+,20+/m0/s1. The van der Waals surface area contributed by atoms with Gasteiger partial charge in [0.25, 0.3) is 0 Å². The third-order valence-corrected chi connectivity index (χ3v) is 8.19. The van der Waals surface area contributed by atoms with Gasteiger partial charge in [0, 0.05) is 11.0 Å². The summed E-state index contributed by atoms with van der Waals surface area (Å²) in [6.45, 7) is 5.12. The van der Waals surface area contributed by atoms with Crippen molar-refractivity contribution in [1.82, 2.24) is 0 Å². The van der Waals surface area contributed by atoms with Crippen LogP contribution < -0.4 is 0 Å². The van der Waals surface area contributed by atoms with Crippen molar-refractivity contribution in [2.24, 2.45) is 11.3 Å². The fourth-order valence-electron chi connectivity index (χ4n) is 6.45. The van der Waals surface area contributed by atoms with Crippen LogP contribution in [0, 0.1) is 11.3 Å². The van der Waals surface area contributed by atoms with E-state index in [9.17, 15) is 25.2 Å². The molecule has 2 fully saturated rings. The largest absolute Gasteiger partial charge is 0.458 e.